The van der Waals surface area contributed by atoms with E-state index in [1.807, 2.05) is 0 Å². The SMILES string of the molecule is O=C1CC(ON(O)O)CO1. The molecule has 0 spiro atoms. The predicted octanol–water partition coefficient (Wildman–Crippen LogP) is -0.686. The van der Waals surface area contributed by atoms with Gasteiger partial charge in [-0.15, -0.1) is 0 Å². The molecule has 0 aliphatic carbocycles. The van der Waals surface area contributed by atoms with Crippen LogP contribution < -0.4 is 0 Å². The topological polar surface area (TPSA) is 79.2 Å². The van der Waals surface area contributed by atoms with Crippen LogP contribution in [0.3, 0.4) is 0 Å². The second-order valence-corrected chi connectivity index (χ2v) is 1.87. The van der Waals surface area contributed by atoms with E-state index in [-0.39, 0.29) is 13.0 Å². The van der Waals surface area contributed by atoms with E-state index in [1.54, 1.807) is 0 Å². The molecule has 0 aromatic carbocycles. The number of cyclic esters (lactones) is 1. The molecule has 1 atom stereocenters. The lowest BCUT2D eigenvalue weighted by molar-refractivity contribution is -0.503. The minimum atomic E-state index is -0.581. The van der Waals surface area contributed by atoms with E-state index in [2.05, 4.69) is 9.57 Å². The third-order valence-corrected chi connectivity index (χ3v) is 1.07. The summed E-state index contributed by atoms with van der Waals surface area (Å²) >= 11 is 0. The van der Waals surface area contributed by atoms with Crippen molar-refractivity contribution in [3.63, 3.8) is 0 Å². The van der Waals surface area contributed by atoms with E-state index in [0.29, 0.717) is 0 Å². The quantitative estimate of drug-likeness (QED) is 0.399. The number of ether oxygens (including phenoxy) is 1. The zero-order valence-electron chi connectivity index (χ0n) is 5.06. The van der Waals surface area contributed by atoms with Crippen molar-refractivity contribution in [2.24, 2.45) is 0 Å². The standard InChI is InChI=1S/C4H7NO5/c6-4-1-3(2-9-4)10-5(7)8/h3,7-8H,1-2H2. The normalized spacial score (nSPS) is 25.5. The predicted molar refractivity (Wildman–Crippen MR) is 25.9 cm³/mol. The molecular weight excluding hydrogens is 142 g/mol. The molecule has 6 nitrogen and oxygen atoms in total. The first-order valence-corrected chi connectivity index (χ1v) is 2.69. The molecule has 1 aliphatic heterocycles. The molecular formula is C4H7NO5. The average Bonchev–Trinajstić information content (AvgIpc) is 2.13. The van der Waals surface area contributed by atoms with Crippen molar-refractivity contribution in [1.82, 2.24) is 5.39 Å². The lowest BCUT2D eigenvalue weighted by atomic mass is 10.3. The zero-order valence-corrected chi connectivity index (χ0v) is 5.06. The second kappa shape index (κ2) is 2.93. The van der Waals surface area contributed by atoms with Gasteiger partial charge in [-0.3, -0.25) is 15.2 Å². The van der Waals surface area contributed by atoms with Gasteiger partial charge >= 0.3 is 5.97 Å². The Labute approximate surface area is 56.4 Å². The van der Waals surface area contributed by atoms with Crippen LogP contribution in [0.15, 0.2) is 0 Å². The Morgan fingerprint density at radius 3 is 2.80 bits per heavy atom. The minimum absolute atomic E-state index is 0.0532. The molecule has 1 aliphatic rings. The lowest BCUT2D eigenvalue weighted by Gasteiger charge is -2.08. The van der Waals surface area contributed by atoms with Crippen LogP contribution in [0.4, 0.5) is 0 Å². The van der Waals surface area contributed by atoms with Crippen molar-refractivity contribution in [3.05, 3.63) is 0 Å². The molecule has 58 valence electrons. The fourth-order valence-corrected chi connectivity index (χ4v) is 0.691. The van der Waals surface area contributed by atoms with Gasteiger partial charge in [0, 0.05) is 0 Å². The highest BCUT2D eigenvalue weighted by Gasteiger charge is 2.26. The summed E-state index contributed by atoms with van der Waals surface area (Å²) in [5, 5.41) is 15.8. The summed E-state index contributed by atoms with van der Waals surface area (Å²) in [4.78, 5) is 14.6. The van der Waals surface area contributed by atoms with E-state index in [9.17, 15) is 4.79 Å². The maximum Gasteiger partial charge on any atom is 0.308 e. The summed E-state index contributed by atoms with van der Waals surface area (Å²) in [6.45, 7) is 0.0659. The van der Waals surface area contributed by atoms with Gasteiger partial charge in [0.15, 0.2) is 0 Å². The lowest BCUT2D eigenvalue weighted by Crippen LogP contribution is -2.24. The van der Waals surface area contributed by atoms with Crippen LogP contribution in [0.5, 0.6) is 0 Å². The molecule has 1 heterocycles. The molecule has 6 heteroatoms. The molecule has 0 bridgehead atoms. The van der Waals surface area contributed by atoms with Crippen molar-refractivity contribution >= 4 is 5.97 Å². The number of nitrogens with zero attached hydrogens (tertiary/aromatic N) is 1. The molecule has 0 aromatic heterocycles. The number of esters is 1. The molecule has 1 saturated heterocycles. The van der Waals surface area contributed by atoms with Gasteiger partial charge in [0.05, 0.1) is 11.8 Å². The Morgan fingerprint density at radius 2 is 2.40 bits per heavy atom. The Hall–Kier alpha value is -0.690. The van der Waals surface area contributed by atoms with Crippen molar-refractivity contribution in [3.8, 4) is 0 Å². The highest BCUT2D eigenvalue weighted by Crippen LogP contribution is 2.09. The first kappa shape index (κ1) is 7.42. The molecule has 0 saturated carbocycles. The Balaban J connectivity index is 2.24. The van der Waals surface area contributed by atoms with Crippen molar-refractivity contribution in [2.75, 3.05) is 6.61 Å². The summed E-state index contributed by atoms with van der Waals surface area (Å²) in [5.74, 6) is -0.396. The van der Waals surface area contributed by atoms with Crippen LogP contribution in [0, 0.1) is 0 Å². The smallest absolute Gasteiger partial charge is 0.308 e. The van der Waals surface area contributed by atoms with Gasteiger partial charge in [0.25, 0.3) is 0 Å². The van der Waals surface area contributed by atoms with Crippen LogP contribution in [-0.2, 0) is 14.4 Å². The number of hydrogen-bond acceptors (Lipinski definition) is 6. The zero-order chi connectivity index (χ0) is 7.56. The Bertz CT molecular complexity index is 136. The summed E-state index contributed by atoms with van der Waals surface area (Å²) in [6, 6.07) is 0. The number of carbonyl (C=O) groups excluding carboxylic acids is 1. The first-order chi connectivity index (χ1) is 4.68. The highest BCUT2D eigenvalue weighted by molar-refractivity contribution is 5.71. The van der Waals surface area contributed by atoms with Gasteiger partial charge < -0.3 is 4.74 Å². The van der Waals surface area contributed by atoms with Crippen LogP contribution in [0.25, 0.3) is 0 Å². The fraction of sp³-hybridized carbons (Fsp3) is 0.750. The van der Waals surface area contributed by atoms with E-state index < -0.39 is 17.5 Å². The van der Waals surface area contributed by atoms with Crippen LogP contribution in [-0.4, -0.2) is 34.5 Å². The van der Waals surface area contributed by atoms with Crippen molar-refractivity contribution in [1.29, 1.82) is 0 Å². The molecule has 1 unspecified atom stereocenters. The van der Waals surface area contributed by atoms with Crippen molar-refractivity contribution in [2.45, 2.75) is 12.5 Å². The molecule has 0 aromatic rings. The molecule has 0 radical (unpaired) electrons. The van der Waals surface area contributed by atoms with Gasteiger partial charge in [-0.05, 0) is 0 Å². The first-order valence-electron chi connectivity index (χ1n) is 2.69. The summed E-state index contributed by atoms with van der Waals surface area (Å²) in [5.41, 5.74) is 0. The average molecular weight is 149 g/mol. The number of rotatable bonds is 2. The number of carbonyl (C=O) groups is 1. The van der Waals surface area contributed by atoms with E-state index in [4.69, 9.17) is 10.4 Å². The third kappa shape index (κ3) is 1.92. The summed E-state index contributed by atoms with van der Waals surface area (Å²) < 4.78 is 4.45. The maximum absolute atomic E-state index is 10.4. The van der Waals surface area contributed by atoms with Crippen LogP contribution in [0.2, 0.25) is 0 Å². The minimum Gasteiger partial charge on any atom is -0.463 e. The third-order valence-electron chi connectivity index (χ3n) is 1.07. The molecule has 1 fully saturated rings. The Kier molecular flexibility index (Phi) is 2.17. The van der Waals surface area contributed by atoms with Gasteiger partial charge in [0.1, 0.15) is 12.7 Å². The van der Waals surface area contributed by atoms with Crippen LogP contribution in [0.1, 0.15) is 6.42 Å². The molecule has 10 heavy (non-hydrogen) atoms. The summed E-state index contributed by atoms with van der Waals surface area (Å²) in [7, 11) is 0. The summed E-state index contributed by atoms with van der Waals surface area (Å²) in [6.07, 6.45) is -0.528. The van der Waals surface area contributed by atoms with Crippen molar-refractivity contribution < 1.29 is 24.8 Å². The molecule has 1 rings (SSSR count). The van der Waals surface area contributed by atoms with Gasteiger partial charge in [-0.25, -0.2) is 4.84 Å². The molecule has 2 N–H and O–H groups in total. The van der Waals surface area contributed by atoms with E-state index in [0.717, 1.165) is 0 Å². The van der Waals surface area contributed by atoms with E-state index >= 15 is 0 Å². The molecule has 0 amide bonds. The largest absolute Gasteiger partial charge is 0.463 e. The second-order valence-electron chi connectivity index (χ2n) is 1.87. The fourth-order valence-electron chi connectivity index (χ4n) is 0.691. The van der Waals surface area contributed by atoms with Crippen LogP contribution >= 0.6 is 0 Å². The van der Waals surface area contributed by atoms with Gasteiger partial charge in [-0.2, -0.15) is 0 Å². The number of hydrogen-bond donors (Lipinski definition) is 2. The maximum atomic E-state index is 10.4. The highest BCUT2D eigenvalue weighted by atomic mass is 17.1. The van der Waals surface area contributed by atoms with E-state index in [1.165, 1.54) is 0 Å². The monoisotopic (exact) mass is 149 g/mol. The Morgan fingerprint density at radius 1 is 1.70 bits per heavy atom. The van der Waals surface area contributed by atoms with Gasteiger partial charge in [-0.1, -0.05) is 0 Å². The van der Waals surface area contributed by atoms with Gasteiger partial charge in [0.2, 0.25) is 0 Å².